The van der Waals surface area contributed by atoms with E-state index in [1.165, 1.54) is 57.3 Å². The van der Waals surface area contributed by atoms with Crippen LogP contribution in [0.3, 0.4) is 0 Å². The molecule has 1 unspecified atom stereocenters. The molecule has 4 fully saturated rings. The maximum atomic E-state index is 14.9. The zero-order valence-electron chi connectivity index (χ0n) is 73.5. The number of aliphatic hydroxyl groups is 4. The first kappa shape index (κ1) is 99.4. The summed E-state index contributed by atoms with van der Waals surface area (Å²) < 4.78 is 54.8. The minimum absolute atomic E-state index is 0.00756. The van der Waals surface area contributed by atoms with Crippen molar-refractivity contribution in [3.05, 3.63) is 199 Å². The fourth-order valence-electron chi connectivity index (χ4n) is 16.0. The molecule has 5 aromatic carbocycles. The second-order valence-corrected chi connectivity index (χ2v) is 36.2. The molecule has 0 bridgehead atoms. The average molecular weight is 1880 g/mol. The van der Waals surface area contributed by atoms with Crippen molar-refractivity contribution < 1.29 is 95.5 Å². The third kappa shape index (κ3) is 25.5. The Morgan fingerprint density at radius 3 is 1.17 bits per heavy atom. The molecule has 14 rings (SSSR count). The van der Waals surface area contributed by atoms with Crippen LogP contribution in [0.25, 0.3) is 41.8 Å². The van der Waals surface area contributed by atoms with E-state index in [2.05, 4.69) is 51.8 Å². The molecule has 9 aromatic rings. The normalized spacial score (nSPS) is 19.2. The number of rotatable bonds is 25. The number of halogens is 4. The summed E-state index contributed by atoms with van der Waals surface area (Å²) in [5.74, 6) is -7.01. The maximum Gasteiger partial charge on any atom is 0.417 e. The molecule has 11 atom stereocenters. The van der Waals surface area contributed by atoms with Crippen molar-refractivity contribution in [2.75, 3.05) is 32.7 Å². The van der Waals surface area contributed by atoms with Crippen molar-refractivity contribution in [1.82, 2.24) is 81.7 Å². The average Bonchev–Trinajstić information content (AvgIpc) is 1.62. The molecule has 4 aromatic heterocycles. The number of aromatic nitrogens is 4. The number of aliphatic hydroxyl groups excluding tert-OH is 4. The van der Waals surface area contributed by atoms with Crippen molar-refractivity contribution in [1.29, 1.82) is 0 Å². The summed E-state index contributed by atoms with van der Waals surface area (Å²) in [4.78, 5) is 176. The molecule has 40 heteroatoms. The van der Waals surface area contributed by atoms with Crippen LogP contribution in [0.15, 0.2) is 137 Å². The van der Waals surface area contributed by atoms with E-state index in [-0.39, 0.29) is 118 Å². The summed E-state index contributed by atoms with van der Waals surface area (Å²) >= 11 is 6.11. The predicted octanol–water partition coefficient (Wildman–Crippen LogP) is 7.33. The molecule has 4 saturated heterocycles. The highest BCUT2D eigenvalue weighted by atomic mass is 32.1. The minimum atomic E-state index is -5.05. The lowest BCUT2D eigenvalue weighted by atomic mass is 10.0. The molecule has 0 saturated carbocycles. The number of thiazole rings is 4. The first-order chi connectivity index (χ1) is 62.2. The number of aryl methyl sites for hydroxylation is 4. The second kappa shape index (κ2) is 44.6. The molecule has 32 nitrogen and oxygen atoms in total. The fraction of sp³-hybridized carbons (Fsp3) is 0.407. The summed E-state index contributed by atoms with van der Waals surface area (Å²) in [5.41, 5.74) is 19.0. The molecule has 0 spiro atoms. The van der Waals surface area contributed by atoms with Gasteiger partial charge in [-0.2, -0.15) is 13.2 Å². The van der Waals surface area contributed by atoms with E-state index < -0.39 is 109 Å². The van der Waals surface area contributed by atoms with Gasteiger partial charge in [-0.25, -0.2) is 24.3 Å². The molecule has 5 aliphatic heterocycles. The summed E-state index contributed by atoms with van der Waals surface area (Å²) in [6.45, 7) is 17.0. The summed E-state index contributed by atoms with van der Waals surface area (Å²) in [7, 11) is 0. The van der Waals surface area contributed by atoms with Crippen LogP contribution in [0.1, 0.15) is 128 Å². The number of amides is 12. The quantitative estimate of drug-likeness (QED) is 0.0249. The predicted molar refractivity (Wildman–Crippen MR) is 482 cm³/mol. The van der Waals surface area contributed by atoms with Gasteiger partial charge in [0.2, 0.25) is 65.1 Å². The second-order valence-electron chi connectivity index (χ2n) is 32.8. The van der Waals surface area contributed by atoms with Gasteiger partial charge in [-0.1, -0.05) is 117 Å². The Hall–Kier alpha value is -12.2. The van der Waals surface area contributed by atoms with E-state index in [1.807, 2.05) is 125 Å². The third-order valence-electron chi connectivity index (χ3n) is 22.6. The first-order valence-corrected chi connectivity index (χ1v) is 45.7. The highest BCUT2D eigenvalue weighted by molar-refractivity contribution is 7.14. The number of alkyl halides is 3. The molecule has 12 amide bonds. The van der Waals surface area contributed by atoms with Crippen LogP contribution in [-0.2, 0) is 85.5 Å². The standard InChI is InChI=1S/C29H31FN4O4S.C21H23F3N4O4S.C21H26N4O4S.C20H24N4O4S/c1-16(2)25(34-13-20-6-4-5-7-22(20)28(34)37)29(38)33-14-21(35)11-24(33)27(36)31-12-19-9-8-18(10-23(19)30)26-17(3)32-15-39-26;1-11-17(33-10-26-11)14-5-3-13(4-6-14)8-25-19(31)16-7-15(30)9-28(16)20(32)18(21(22,23)24)27-12(2)29;1-12-19(30-11-23-12)16-6-4-15(5-7-16)9-22-20(28)18-8-17(27)10-25(18)21(29)13(2)24-14(3)26;1-12-19(29-11-23-12)15-5-3-14(4-6-15)8-22-20(28)17-7-16(26)10-24(17)18(27)9-21-13(2)25/h4-10,15-16,21,24-25,35H,11-14H2,1-3H3,(H,31,36);3-6,10,15-16,18,30H,7-9H2,1-2H3,(H,25,31)(H,27,29);4-7,11,13,17-18,27H,8-10H2,1-3H3,(H,22,28)(H,24,26);3-6,11,16-17,26H,7-10H2,1-2H3,(H,21,25)(H,22,28)/t21-,24+,25+;15-,16+,18?;13-,17+,18-;16-,17+/m1101/s1. The van der Waals surface area contributed by atoms with Crippen LogP contribution in [0.2, 0.25) is 0 Å². The lowest BCUT2D eigenvalue weighted by Gasteiger charge is -2.35. The topological polar surface area (TPSA) is 438 Å². The molecule has 0 radical (unpaired) electrons. The van der Waals surface area contributed by atoms with Crippen molar-refractivity contribution in [3.63, 3.8) is 0 Å². The van der Waals surface area contributed by atoms with Crippen LogP contribution in [-0.4, -0.2) is 241 Å². The van der Waals surface area contributed by atoms with Crippen molar-refractivity contribution >= 4 is 116 Å². The van der Waals surface area contributed by atoms with Gasteiger partial charge in [0, 0.05) is 116 Å². The van der Waals surface area contributed by atoms with Crippen LogP contribution in [0, 0.1) is 39.4 Å². The molecule has 11 N–H and O–H groups in total. The number of nitrogens with zero attached hydrogens (tertiary/aromatic N) is 9. The highest BCUT2D eigenvalue weighted by Gasteiger charge is 2.52. The van der Waals surface area contributed by atoms with Crippen molar-refractivity contribution in [2.45, 2.75) is 201 Å². The Labute approximate surface area is 769 Å². The number of hydrogen-bond donors (Lipinski definition) is 11. The van der Waals surface area contributed by atoms with E-state index in [9.17, 15) is 95.5 Å². The van der Waals surface area contributed by atoms with Gasteiger partial charge >= 0.3 is 6.18 Å². The van der Waals surface area contributed by atoms with E-state index in [0.717, 1.165) is 93.7 Å². The van der Waals surface area contributed by atoms with Crippen molar-refractivity contribution in [3.8, 4) is 41.8 Å². The van der Waals surface area contributed by atoms with Crippen LogP contribution >= 0.6 is 45.3 Å². The number of carbonyl (C=O) groups excluding carboxylic acids is 12. The van der Waals surface area contributed by atoms with Gasteiger partial charge in [0.1, 0.15) is 42.1 Å². The minimum Gasteiger partial charge on any atom is -0.391 e. The van der Waals surface area contributed by atoms with Gasteiger partial charge in [-0.05, 0) is 97.2 Å². The lowest BCUT2D eigenvalue weighted by Crippen LogP contribution is -2.58. The Balaban J connectivity index is 0.000000170. The molecule has 0 aliphatic carbocycles. The van der Waals surface area contributed by atoms with Gasteiger partial charge in [0.15, 0.2) is 0 Å². The number of benzene rings is 5. The van der Waals surface area contributed by atoms with E-state index in [0.29, 0.717) is 35.7 Å². The Morgan fingerprint density at radius 2 is 0.809 bits per heavy atom. The van der Waals surface area contributed by atoms with Crippen molar-refractivity contribution in [2.24, 2.45) is 5.92 Å². The molecular formula is C91H104F4N16O16S4. The van der Waals surface area contributed by atoms with Gasteiger partial charge in [-0.3, -0.25) is 57.5 Å². The Bertz CT molecular complexity index is 5620. The highest BCUT2D eigenvalue weighted by Crippen LogP contribution is 2.36. The molecule has 131 heavy (non-hydrogen) atoms. The molecular weight excluding hydrogens is 1780 g/mol. The number of β-amino-alcohol motifs (C(OH)–C–C–N with tert-alkyl or cyclic N) is 4. The molecule has 5 aliphatic rings. The number of carbonyl (C=O) groups is 12. The monoisotopic (exact) mass is 1880 g/mol. The van der Waals surface area contributed by atoms with Crippen LogP contribution < -0.4 is 37.2 Å². The zero-order chi connectivity index (χ0) is 95.0. The van der Waals surface area contributed by atoms with Gasteiger partial charge in [0.25, 0.3) is 11.8 Å². The number of fused-ring (bicyclic) bond motifs is 1. The van der Waals surface area contributed by atoms with Crippen LogP contribution in [0.4, 0.5) is 17.6 Å². The summed E-state index contributed by atoms with van der Waals surface area (Å²) in [5, 5.41) is 57.8. The van der Waals surface area contributed by atoms with E-state index in [4.69, 9.17) is 0 Å². The largest absolute Gasteiger partial charge is 0.417 e. The molecule has 696 valence electrons. The van der Waals surface area contributed by atoms with Gasteiger partial charge in [-0.15, -0.1) is 45.3 Å². The van der Waals surface area contributed by atoms with E-state index in [1.54, 1.807) is 87.2 Å². The first-order valence-electron chi connectivity index (χ1n) is 42.2. The Morgan fingerprint density at radius 1 is 0.450 bits per heavy atom. The smallest absolute Gasteiger partial charge is 0.391 e. The van der Waals surface area contributed by atoms with Crippen LogP contribution in [0.5, 0.6) is 0 Å². The number of nitrogens with one attached hydrogen (secondary N) is 7. The summed E-state index contributed by atoms with van der Waals surface area (Å²) in [6.07, 6.45) is -8.37. The number of hydrogen-bond acceptors (Lipinski definition) is 24. The fourth-order valence-corrected chi connectivity index (χ4v) is 19.2. The summed E-state index contributed by atoms with van der Waals surface area (Å²) in [6, 6.07) is 27.2. The Kier molecular flexibility index (Phi) is 33.9. The maximum absolute atomic E-state index is 14.9. The van der Waals surface area contributed by atoms with E-state index >= 15 is 0 Å². The molecule has 9 heterocycles. The third-order valence-corrected chi connectivity index (χ3v) is 26.5. The SMILES string of the molecule is CC(=O)NC(C(=O)N1C[C@H](O)C[C@H]1C(=O)NCc1ccc(-c2scnc2C)cc1)C(F)(F)F.CC(=O)NCC(=O)N1C[C@H](O)C[C@H]1C(=O)NCc1ccc(-c2scnc2C)cc1.CC(=O)N[C@@H](C)C(=O)N1C[C@H](O)C[C@H]1C(=O)NCc1ccc(-c2scnc2C)cc1.Cc1ncsc1-c1ccc(CNC(=O)[C@@H]2C[C@@H](O)CN2C(=O)[C@H](C(C)C)N2Cc3ccccc3C2=O)c(F)c1. The zero-order valence-corrected chi connectivity index (χ0v) is 76.7. The van der Waals surface area contributed by atoms with Gasteiger partial charge < -0.3 is 82.1 Å². The number of likely N-dealkylation sites (tertiary alicyclic amines) is 4. The van der Waals surface area contributed by atoms with Gasteiger partial charge in [0.05, 0.1) is 95.3 Å². The lowest BCUT2D eigenvalue weighted by molar-refractivity contribution is -0.179.